The molecular formula is C50H63N. The molecule has 0 spiro atoms. The van der Waals surface area contributed by atoms with Crippen molar-refractivity contribution in [2.75, 3.05) is 0 Å². The lowest BCUT2D eigenvalue weighted by molar-refractivity contribution is 0.891. The maximum Gasteiger partial charge on any atom is 0.0451 e. The van der Waals surface area contributed by atoms with Crippen LogP contribution in [0.3, 0.4) is 0 Å². The Kier molecular flexibility index (Phi) is 24.9. The van der Waals surface area contributed by atoms with Gasteiger partial charge in [0.2, 0.25) is 0 Å². The highest BCUT2D eigenvalue weighted by Gasteiger charge is 2.12. The topological polar surface area (TPSA) is 12.9 Å². The van der Waals surface area contributed by atoms with Crippen LogP contribution in [0.25, 0.3) is 11.1 Å². The average molecular weight is 678 g/mol. The summed E-state index contributed by atoms with van der Waals surface area (Å²) >= 11 is 0. The summed E-state index contributed by atoms with van der Waals surface area (Å²) in [6, 6.07) is 34.1. The molecule has 0 fully saturated rings. The molecule has 0 aliphatic heterocycles. The molecule has 4 aromatic rings. The SMILES string of the molecule is C#C.C#C.C/C(=C(/c1ccccc1)c1cccnc1C)c1ccccc1.CCCc1ccc(CC)cc1.C\C=C/C(C)=C(C)/C(C)=C(\C)CCC. The van der Waals surface area contributed by atoms with Gasteiger partial charge in [-0.2, -0.15) is 0 Å². The van der Waals surface area contributed by atoms with Crippen LogP contribution < -0.4 is 0 Å². The minimum absolute atomic E-state index is 1.05. The highest BCUT2D eigenvalue weighted by Crippen LogP contribution is 2.33. The van der Waals surface area contributed by atoms with Crippen LogP contribution in [0.1, 0.15) is 115 Å². The molecule has 1 nitrogen and oxygen atoms in total. The van der Waals surface area contributed by atoms with E-state index in [0.717, 1.165) is 12.1 Å². The minimum Gasteiger partial charge on any atom is -0.261 e. The van der Waals surface area contributed by atoms with E-state index in [4.69, 9.17) is 0 Å². The summed E-state index contributed by atoms with van der Waals surface area (Å²) in [6.07, 6.45) is 28.2. The molecule has 4 rings (SSSR count). The first-order chi connectivity index (χ1) is 24.7. The van der Waals surface area contributed by atoms with Crippen LogP contribution in [0.2, 0.25) is 0 Å². The smallest absolute Gasteiger partial charge is 0.0451 e. The zero-order valence-electron chi connectivity index (χ0n) is 33.3. The van der Waals surface area contributed by atoms with E-state index in [1.807, 2.05) is 18.3 Å². The lowest BCUT2D eigenvalue weighted by Gasteiger charge is -2.15. The molecule has 268 valence electrons. The predicted octanol–water partition coefficient (Wildman–Crippen LogP) is 14.1. The third-order valence-corrected chi connectivity index (χ3v) is 8.73. The number of aryl methyl sites for hydroxylation is 3. The first kappa shape index (κ1) is 45.9. The summed E-state index contributed by atoms with van der Waals surface area (Å²) in [5.41, 5.74) is 15.9. The lowest BCUT2D eigenvalue weighted by Crippen LogP contribution is -1.96. The molecule has 51 heavy (non-hydrogen) atoms. The summed E-state index contributed by atoms with van der Waals surface area (Å²) in [5.74, 6) is 0. The molecule has 0 atom stereocenters. The maximum absolute atomic E-state index is 4.47. The fourth-order valence-corrected chi connectivity index (χ4v) is 5.54. The van der Waals surface area contributed by atoms with Crippen molar-refractivity contribution in [1.82, 2.24) is 4.98 Å². The van der Waals surface area contributed by atoms with Gasteiger partial charge in [0.1, 0.15) is 0 Å². The molecule has 0 saturated carbocycles. The second-order valence-electron chi connectivity index (χ2n) is 12.3. The molecule has 0 unspecified atom stereocenters. The summed E-state index contributed by atoms with van der Waals surface area (Å²) < 4.78 is 0. The molecule has 0 saturated heterocycles. The Hall–Kier alpha value is -5.11. The monoisotopic (exact) mass is 677 g/mol. The normalized spacial score (nSPS) is 11.6. The van der Waals surface area contributed by atoms with Gasteiger partial charge in [0.25, 0.3) is 0 Å². The number of terminal acetylenes is 2. The van der Waals surface area contributed by atoms with Gasteiger partial charge < -0.3 is 0 Å². The van der Waals surface area contributed by atoms with E-state index in [1.54, 1.807) is 0 Å². The third kappa shape index (κ3) is 16.4. The Balaban J connectivity index is 0.000000747. The van der Waals surface area contributed by atoms with Crippen LogP contribution >= 0.6 is 0 Å². The van der Waals surface area contributed by atoms with Crippen molar-refractivity contribution < 1.29 is 0 Å². The van der Waals surface area contributed by atoms with Crippen molar-refractivity contribution in [1.29, 1.82) is 0 Å². The Morgan fingerprint density at radius 2 is 1.16 bits per heavy atom. The van der Waals surface area contributed by atoms with Crippen LogP contribution in [0.4, 0.5) is 0 Å². The molecule has 0 aliphatic carbocycles. The van der Waals surface area contributed by atoms with E-state index in [1.165, 1.54) is 86.9 Å². The van der Waals surface area contributed by atoms with Gasteiger partial charge in [-0.1, -0.05) is 142 Å². The number of nitrogens with zero attached hydrogens (tertiary/aromatic N) is 1. The van der Waals surface area contributed by atoms with Crippen molar-refractivity contribution >= 4 is 11.1 Å². The number of hydrogen-bond donors (Lipinski definition) is 0. The Morgan fingerprint density at radius 3 is 1.63 bits per heavy atom. The van der Waals surface area contributed by atoms with Crippen molar-refractivity contribution in [3.63, 3.8) is 0 Å². The number of rotatable bonds is 10. The average Bonchev–Trinajstić information content (AvgIpc) is 3.18. The molecule has 0 radical (unpaired) electrons. The fourth-order valence-electron chi connectivity index (χ4n) is 5.54. The summed E-state index contributed by atoms with van der Waals surface area (Å²) in [6.45, 7) is 21.8. The van der Waals surface area contributed by atoms with Gasteiger partial charge in [-0.3, -0.25) is 4.98 Å². The largest absolute Gasteiger partial charge is 0.261 e. The van der Waals surface area contributed by atoms with E-state index in [9.17, 15) is 0 Å². The standard InChI is InChI=1S/C21H19N.C14H24.C11H16.2C2H2/c1-16(18-10-5-3-6-11-18)21(19-12-7-4-8-13-19)20-14-9-15-22-17(20)2;1-7-9-11(3)13(5)14(6)12(4)10-8-2;1-3-5-11-8-6-10(4-2)7-9-11;2*1-2/h3-15H,1-2H3;7,9H,8,10H2,1-6H3;6-9H,3-5H2,1-2H3;2*1-2H/b21-16+;9-7-,13-11+,14-12+;;;. The van der Waals surface area contributed by atoms with Crippen molar-refractivity contribution in [2.45, 2.75) is 101 Å². The van der Waals surface area contributed by atoms with Gasteiger partial charge in [0, 0.05) is 17.5 Å². The van der Waals surface area contributed by atoms with Crippen molar-refractivity contribution in [2.24, 2.45) is 0 Å². The molecule has 0 N–H and O–H groups in total. The fraction of sp³-hybridized carbons (Fsp3) is 0.300. The van der Waals surface area contributed by atoms with Crippen LogP contribution in [0.15, 0.2) is 138 Å². The quantitative estimate of drug-likeness (QED) is 0.0925. The summed E-state index contributed by atoms with van der Waals surface area (Å²) in [7, 11) is 0. The second-order valence-corrected chi connectivity index (χ2v) is 12.3. The van der Waals surface area contributed by atoms with Crippen molar-refractivity contribution in [3.05, 3.63) is 171 Å². The zero-order chi connectivity index (χ0) is 38.6. The van der Waals surface area contributed by atoms with Crippen LogP contribution in [-0.2, 0) is 12.8 Å². The van der Waals surface area contributed by atoms with Gasteiger partial charge >= 0.3 is 0 Å². The van der Waals surface area contributed by atoms with E-state index in [0.29, 0.717) is 0 Å². The number of benzene rings is 3. The maximum atomic E-state index is 4.47. The van der Waals surface area contributed by atoms with Crippen molar-refractivity contribution in [3.8, 4) is 25.7 Å². The first-order valence-corrected chi connectivity index (χ1v) is 18.1. The summed E-state index contributed by atoms with van der Waals surface area (Å²) in [4.78, 5) is 4.47. The predicted molar refractivity (Wildman–Crippen MR) is 230 cm³/mol. The minimum atomic E-state index is 1.05. The first-order valence-electron chi connectivity index (χ1n) is 18.1. The molecule has 0 amide bonds. The second kappa shape index (κ2) is 27.7. The molecular weight excluding hydrogens is 615 g/mol. The Morgan fingerprint density at radius 1 is 0.627 bits per heavy atom. The zero-order valence-corrected chi connectivity index (χ0v) is 33.3. The van der Waals surface area contributed by atoms with Crippen LogP contribution in [0.5, 0.6) is 0 Å². The Labute approximate surface area is 313 Å². The van der Waals surface area contributed by atoms with Crippen LogP contribution in [0, 0.1) is 32.6 Å². The van der Waals surface area contributed by atoms with Gasteiger partial charge in [-0.15, -0.1) is 25.7 Å². The van der Waals surface area contributed by atoms with Gasteiger partial charge in [-0.05, 0) is 124 Å². The van der Waals surface area contributed by atoms with Gasteiger partial charge in [0.05, 0.1) is 0 Å². The van der Waals surface area contributed by atoms with E-state index in [2.05, 4.69) is 197 Å². The van der Waals surface area contributed by atoms with E-state index >= 15 is 0 Å². The number of aromatic nitrogens is 1. The molecule has 1 aromatic heterocycles. The molecule has 3 aromatic carbocycles. The number of hydrogen-bond acceptors (Lipinski definition) is 1. The molecule has 0 bridgehead atoms. The van der Waals surface area contributed by atoms with Crippen LogP contribution in [-0.4, -0.2) is 4.98 Å². The third-order valence-electron chi connectivity index (χ3n) is 8.73. The van der Waals surface area contributed by atoms with E-state index < -0.39 is 0 Å². The Bertz CT molecular complexity index is 1680. The van der Waals surface area contributed by atoms with E-state index in [-0.39, 0.29) is 0 Å². The highest BCUT2D eigenvalue weighted by atomic mass is 14.7. The summed E-state index contributed by atoms with van der Waals surface area (Å²) in [5, 5.41) is 0. The molecule has 0 aliphatic rings. The van der Waals surface area contributed by atoms with Gasteiger partial charge in [0.15, 0.2) is 0 Å². The van der Waals surface area contributed by atoms with Gasteiger partial charge in [-0.25, -0.2) is 0 Å². The number of allylic oxidation sites excluding steroid dienone is 7. The molecule has 1 heteroatoms. The number of pyridine rings is 1. The highest BCUT2D eigenvalue weighted by molar-refractivity contribution is 5.98. The lowest BCUT2D eigenvalue weighted by atomic mass is 9.90. The molecule has 1 heterocycles.